The van der Waals surface area contributed by atoms with Gasteiger partial charge in [-0.15, -0.1) is 22.7 Å². The Morgan fingerprint density at radius 3 is 2.71 bits per heavy atom. The quantitative estimate of drug-likeness (QED) is 0.772. The molecular weight excluding hydrogens is 314 g/mol. The lowest BCUT2D eigenvalue weighted by molar-refractivity contribution is 0.250. The molecular formula is C13H16BrNS2. The Morgan fingerprint density at radius 1 is 1.29 bits per heavy atom. The van der Waals surface area contributed by atoms with Crippen LogP contribution in [0.2, 0.25) is 0 Å². The molecule has 0 saturated heterocycles. The summed E-state index contributed by atoms with van der Waals surface area (Å²) < 4.78 is 1.23. The molecule has 2 aromatic rings. The van der Waals surface area contributed by atoms with Gasteiger partial charge in [-0.2, -0.15) is 0 Å². The van der Waals surface area contributed by atoms with E-state index >= 15 is 0 Å². The summed E-state index contributed by atoms with van der Waals surface area (Å²) in [5.41, 5.74) is 0. The number of hydrogen-bond acceptors (Lipinski definition) is 3. The molecule has 0 aromatic carbocycles. The molecule has 2 rings (SSSR count). The van der Waals surface area contributed by atoms with E-state index in [0.29, 0.717) is 6.04 Å². The third-order valence-electron chi connectivity index (χ3n) is 2.91. The van der Waals surface area contributed by atoms with Gasteiger partial charge in [0.25, 0.3) is 0 Å². The minimum Gasteiger partial charge on any atom is -0.298 e. The predicted molar refractivity (Wildman–Crippen MR) is 81.0 cm³/mol. The Balaban J connectivity index is 1.91. The van der Waals surface area contributed by atoms with E-state index in [2.05, 4.69) is 63.8 Å². The van der Waals surface area contributed by atoms with Crippen molar-refractivity contribution in [2.75, 3.05) is 7.05 Å². The van der Waals surface area contributed by atoms with E-state index in [1.165, 1.54) is 14.2 Å². The summed E-state index contributed by atoms with van der Waals surface area (Å²) in [7, 11) is 2.20. The van der Waals surface area contributed by atoms with Crippen molar-refractivity contribution in [2.45, 2.75) is 25.9 Å². The molecule has 0 fully saturated rings. The van der Waals surface area contributed by atoms with Gasteiger partial charge in [-0.05, 0) is 59.2 Å². The lowest BCUT2D eigenvalue weighted by atomic mass is 10.2. The van der Waals surface area contributed by atoms with E-state index in [4.69, 9.17) is 0 Å². The summed E-state index contributed by atoms with van der Waals surface area (Å²) in [5, 5.41) is 4.29. The van der Waals surface area contributed by atoms with E-state index in [1.54, 1.807) is 0 Å². The highest BCUT2D eigenvalue weighted by Gasteiger charge is 2.13. The van der Waals surface area contributed by atoms with Crippen LogP contribution >= 0.6 is 38.6 Å². The fourth-order valence-corrected chi connectivity index (χ4v) is 4.06. The zero-order valence-electron chi connectivity index (χ0n) is 10.0. The highest BCUT2D eigenvalue weighted by atomic mass is 79.9. The molecule has 0 radical (unpaired) electrons. The first-order valence-electron chi connectivity index (χ1n) is 5.61. The SMILES string of the molecule is CC(Cc1cccs1)N(C)Cc1sccc1Br. The van der Waals surface area contributed by atoms with Crippen LogP contribution in [0, 0.1) is 0 Å². The molecule has 1 atom stereocenters. The summed E-state index contributed by atoms with van der Waals surface area (Å²) in [6.07, 6.45) is 1.14. The van der Waals surface area contributed by atoms with Gasteiger partial charge in [0.15, 0.2) is 0 Å². The Bertz CT molecular complexity index is 450. The summed E-state index contributed by atoms with van der Waals surface area (Å²) in [6, 6.07) is 7.04. The zero-order chi connectivity index (χ0) is 12.3. The zero-order valence-corrected chi connectivity index (χ0v) is 13.2. The molecule has 0 N–H and O–H groups in total. The van der Waals surface area contributed by atoms with Crippen LogP contribution in [0.15, 0.2) is 33.4 Å². The molecule has 0 amide bonds. The predicted octanol–water partition coefficient (Wildman–Crippen LogP) is 4.64. The van der Waals surface area contributed by atoms with Crippen molar-refractivity contribution in [3.63, 3.8) is 0 Å². The van der Waals surface area contributed by atoms with Gasteiger partial charge in [0, 0.05) is 26.8 Å². The van der Waals surface area contributed by atoms with Crippen molar-refractivity contribution >= 4 is 38.6 Å². The van der Waals surface area contributed by atoms with Gasteiger partial charge in [-0.3, -0.25) is 4.90 Å². The maximum Gasteiger partial charge on any atom is 0.0339 e. The van der Waals surface area contributed by atoms with Gasteiger partial charge in [-0.25, -0.2) is 0 Å². The van der Waals surface area contributed by atoms with Gasteiger partial charge in [0.2, 0.25) is 0 Å². The van der Waals surface area contributed by atoms with Crippen molar-refractivity contribution < 1.29 is 0 Å². The van der Waals surface area contributed by atoms with Gasteiger partial charge >= 0.3 is 0 Å². The monoisotopic (exact) mass is 329 g/mol. The lowest BCUT2D eigenvalue weighted by Crippen LogP contribution is -2.29. The van der Waals surface area contributed by atoms with Crippen LogP contribution < -0.4 is 0 Å². The van der Waals surface area contributed by atoms with E-state index in [1.807, 2.05) is 22.7 Å². The van der Waals surface area contributed by atoms with E-state index in [0.717, 1.165) is 13.0 Å². The topological polar surface area (TPSA) is 3.24 Å². The molecule has 2 heterocycles. The number of halogens is 1. The Labute approximate surface area is 119 Å². The minimum atomic E-state index is 0.572. The van der Waals surface area contributed by atoms with Crippen LogP contribution in [-0.2, 0) is 13.0 Å². The molecule has 0 aliphatic carbocycles. The molecule has 0 saturated carbocycles. The largest absolute Gasteiger partial charge is 0.298 e. The second-order valence-corrected chi connectivity index (χ2v) is 7.13. The fourth-order valence-electron chi connectivity index (χ4n) is 1.70. The molecule has 0 aliphatic heterocycles. The average molecular weight is 330 g/mol. The number of nitrogens with zero attached hydrogens (tertiary/aromatic N) is 1. The van der Waals surface area contributed by atoms with Gasteiger partial charge in [0.1, 0.15) is 0 Å². The van der Waals surface area contributed by atoms with Crippen molar-refractivity contribution in [3.05, 3.63) is 43.2 Å². The number of hydrogen-bond donors (Lipinski definition) is 0. The van der Waals surface area contributed by atoms with E-state index in [-0.39, 0.29) is 0 Å². The summed E-state index contributed by atoms with van der Waals surface area (Å²) in [6.45, 7) is 3.31. The molecule has 17 heavy (non-hydrogen) atoms. The van der Waals surface area contributed by atoms with Gasteiger partial charge in [-0.1, -0.05) is 6.07 Å². The van der Waals surface area contributed by atoms with E-state index < -0.39 is 0 Å². The van der Waals surface area contributed by atoms with Crippen molar-refractivity contribution in [1.82, 2.24) is 4.90 Å². The molecule has 1 unspecified atom stereocenters. The molecule has 4 heteroatoms. The van der Waals surface area contributed by atoms with Crippen LogP contribution in [0.3, 0.4) is 0 Å². The van der Waals surface area contributed by atoms with Crippen LogP contribution in [0.1, 0.15) is 16.7 Å². The maximum absolute atomic E-state index is 3.59. The van der Waals surface area contributed by atoms with Crippen LogP contribution in [0.5, 0.6) is 0 Å². The molecule has 92 valence electrons. The first-order chi connectivity index (χ1) is 8.16. The van der Waals surface area contributed by atoms with Gasteiger partial charge < -0.3 is 0 Å². The third kappa shape index (κ3) is 3.65. The fraction of sp³-hybridized carbons (Fsp3) is 0.385. The second-order valence-electron chi connectivity index (χ2n) is 4.24. The smallest absolute Gasteiger partial charge is 0.0339 e. The molecule has 0 aliphatic rings. The third-order valence-corrected chi connectivity index (χ3v) is 5.72. The van der Waals surface area contributed by atoms with Crippen LogP contribution in [0.4, 0.5) is 0 Å². The summed E-state index contributed by atoms with van der Waals surface area (Å²) >= 11 is 7.25. The van der Waals surface area contributed by atoms with Crippen LogP contribution in [0.25, 0.3) is 0 Å². The molecule has 2 aromatic heterocycles. The molecule has 0 spiro atoms. The summed E-state index contributed by atoms with van der Waals surface area (Å²) in [5.74, 6) is 0. The van der Waals surface area contributed by atoms with Crippen molar-refractivity contribution in [3.8, 4) is 0 Å². The highest BCUT2D eigenvalue weighted by Crippen LogP contribution is 2.25. The van der Waals surface area contributed by atoms with Gasteiger partial charge in [0.05, 0.1) is 0 Å². The second kappa shape index (κ2) is 6.14. The number of likely N-dealkylation sites (N-methyl/N-ethyl adjacent to an activating group) is 1. The Morgan fingerprint density at radius 2 is 2.12 bits per heavy atom. The Hall–Kier alpha value is -0.160. The number of rotatable bonds is 5. The highest BCUT2D eigenvalue weighted by molar-refractivity contribution is 9.10. The van der Waals surface area contributed by atoms with Crippen LogP contribution in [-0.4, -0.2) is 18.0 Å². The van der Waals surface area contributed by atoms with Crippen molar-refractivity contribution in [2.24, 2.45) is 0 Å². The summed E-state index contributed by atoms with van der Waals surface area (Å²) in [4.78, 5) is 5.29. The normalized spacial score (nSPS) is 13.2. The molecule has 0 bridgehead atoms. The minimum absolute atomic E-state index is 0.572. The lowest BCUT2D eigenvalue weighted by Gasteiger charge is -2.23. The van der Waals surface area contributed by atoms with E-state index in [9.17, 15) is 0 Å². The average Bonchev–Trinajstić information content (AvgIpc) is 2.91. The maximum atomic E-state index is 3.59. The standard InChI is InChI=1S/C13H16BrNS2/c1-10(8-11-4-3-6-16-11)15(2)9-13-12(14)5-7-17-13/h3-7,10H,8-9H2,1-2H3. The Kier molecular flexibility index (Phi) is 4.79. The first-order valence-corrected chi connectivity index (χ1v) is 8.16. The first kappa shape index (κ1) is 13.3. The van der Waals surface area contributed by atoms with Crippen molar-refractivity contribution in [1.29, 1.82) is 0 Å². The number of thiophene rings is 2. The molecule has 1 nitrogen and oxygen atoms in total.